The number of aryl methyl sites for hydroxylation is 1. The van der Waals surface area contributed by atoms with E-state index >= 15 is 0 Å². The molecule has 2 heterocycles. The number of likely N-dealkylation sites (tertiary alicyclic amines) is 1. The van der Waals surface area contributed by atoms with Crippen molar-refractivity contribution in [3.63, 3.8) is 0 Å². The van der Waals surface area contributed by atoms with Gasteiger partial charge in [0, 0.05) is 24.8 Å². The summed E-state index contributed by atoms with van der Waals surface area (Å²) >= 11 is 0. The molecule has 20 heavy (non-hydrogen) atoms. The van der Waals surface area contributed by atoms with E-state index in [2.05, 4.69) is 35.5 Å². The average Bonchev–Trinajstić information content (AvgIpc) is 3.11. The van der Waals surface area contributed by atoms with Crippen molar-refractivity contribution in [2.24, 2.45) is 12.9 Å². The third kappa shape index (κ3) is 2.90. The fourth-order valence-corrected chi connectivity index (χ4v) is 3.79. The first kappa shape index (κ1) is 15.5. The minimum atomic E-state index is 0.154. The maximum Gasteiger partial charge on any atom is 0.0522 e. The number of nitrogens with zero attached hydrogens (tertiary/aromatic N) is 3. The third-order valence-corrected chi connectivity index (χ3v) is 5.01. The number of rotatable bonds is 7. The first-order chi connectivity index (χ1) is 9.66. The molecule has 114 valence electrons. The van der Waals surface area contributed by atoms with Gasteiger partial charge >= 0.3 is 0 Å². The highest BCUT2D eigenvalue weighted by Gasteiger charge is 2.41. The van der Waals surface area contributed by atoms with Crippen molar-refractivity contribution < 1.29 is 0 Å². The van der Waals surface area contributed by atoms with E-state index in [-0.39, 0.29) is 11.6 Å². The topological polar surface area (TPSA) is 59.1 Å². The number of hydrogen-bond donors (Lipinski definition) is 2. The lowest BCUT2D eigenvalue weighted by Gasteiger charge is -2.46. The van der Waals surface area contributed by atoms with Crippen LogP contribution in [0.3, 0.4) is 0 Å². The Morgan fingerprint density at radius 1 is 1.35 bits per heavy atom. The second-order valence-corrected chi connectivity index (χ2v) is 5.95. The average molecular weight is 279 g/mol. The van der Waals surface area contributed by atoms with E-state index in [0.717, 1.165) is 19.3 Å². The molecule has 1 aromatic rings. The van der Waals surface area contributed by atoms with Crippen LogP contribution in [-0.4, -0.2) is 39.4 Å². The lowest BCUT2D eigenvalue weighted by molar-refractivity contribution is 0.0620. The smallest absolute Gasteiger partial charge is 0.0522 e. The Bertz CT molecular complexity index is 404. The lowest BCUT2D eigenvalue weighted by Crippen LogP contribution is -2.62. The number of hydrazine groups is 1. The van der Waals surface area contributed by atoms with Crippen LogP contribution in [0, 0.1) is 0 Å². The highest BCUT2D eigenvalue weighted by Crippen LogP contribution is 2.32. The van der Waals surface area contributed by atoms with Gasteiger partial charge in [-0.3, -0.25) is 20.9 Å². The fraction of sp³-hybridized carbons (Fsp3) is 0.800. The second kappa shape index (κ2) is 6.70. The minimum Gasteiger partial charge on any atom is -0.296 e. The Morgan fingerprint density at radius 2 is 2.00 bits per heavy atom. The first-order valence-electron chi connectivity index (χ1n) is 7.85. The van der Waals surface area contributed by atoms with Crippen LogP contribution in [0.25, 0.3) is 0 Å². The zero-order valence-corrected chi connectivity index (χ0v) is 13.1. The molecule has 1 aliphatic rings. The zero-order chi connectivity index (χ0) is 14.6. The summed E-state index contributed by atoms with van der Waals surface area (Å²) in [7, 11) is 1.96. The molecule has 0 saturated carbocycles. The van der Waals surface area contributed by atoms with Gasteiger partial charge in [0.1, 0.15) is 0 Å². The Kier molecular flexibility index (Phi) is 5.18. The molecule has 5 nitrogen and oxygen atoms in total. The Hall–Kier alpha value is -0.910. The van der Waals surface area contributed by atoms with Crippen molar-refractivity contribution in [1.82, 2.24) is 20.1 Å². The van der Waals surface area contributed by atoms with E-state index in [1.54, 1.807) is 0 Å². The van der Waals surface area contributed by atoms with E-state index in [9.17, 15) is 0 Å². The van der Waals surface area contributed by atoms with Crippen LogP contribution in [0.15, 0.2) is 12.4 Å². The largest absolute Gasteiger partial charge is 0.296 e. The summed E-state index contributed by atoms with van der Waals surface area (Å²) in [6.45, 7) is 6.98. The van der Waals surface area contributed by atoms with Crippen LogP contribution >= 0.6 is 0 Å². The third-order valence-electron chi connectivity index (χ3n) is 5.01. The molecule has 2 rings (SSSR count). The van der Waals surface area contributed by atoms with Gasteiger partial charge < -0.3 is 0 Å². The van der Waals surface area contributed by atoms with Gasteiger partial charge in [-0.2, -0.15) is 5.10 Å². The molecular weight excluding hydrogens is 250 g/mol. The monoisotopic (exact) mass is 279 g/mol. The molecule has 1 unspecified atom stereocenters. The van der Waals surface area contributed by atoms with E-state index in [4.69, 9.17) is 5.84 Å². The highest BCUT2D eigenvalue weighted by molar-refractivity contribution is 5.11. The number of aromatic nitrogens is 2. The van der Waals surface area contributed by atoms with Crippen molar-refractivity contribution in [3.05, 3.63) is 18.0 Å². The summed E-state index contributed by atoms with van der Waals surface area (Å²) in [5.74, 6) is 5.93. The molecular formula is C15H29N5. The summed E-state index contributed by atoms with van der Waals surface area (Å²) in [4.78, 5) is 2.65. The van der Waals surface area contributed by atoms with Gasteiger partial charge in [-0.1, -0.05) is 13.8 Å². The molecule has 1 fully saturated rings. The predicted molar refractivity (Wildman–Crippen MR) is 82.1 cm³/mol. The molecule has 5 heteroatoms. The Morgan fingerprint density at radius 3 is 2.45 bits per heavy atom. The number of nitrogens with two attached hydrogens (primary N) is 1. The van der Waals surface area contributed by atoms with E-state index in [1.807, 2.05) is 17.9 Å². The summed E-state index contributed by atoms with van der Waals surface area (Å²) in [5, 5.41) is 4.27. The van der Waals surface area contributed by atoms with Crippen LogP contribution < -0.4 is 11.3 Å². The highest BCUT2D eigenvalue weighted by atomic mass is 15.3. The molecule has 1 saturated heterocycles. The van der Waals surface area contributed by atoms with Crippen molar-refractivity contribution in [2.45, 2.75) is 57.5 Å². The first-order valence-corrected chi connectivity index (χ1v) is 7.85. The molecule has 0 aliphatic carbocycles. The SMILES string of the molecule is CCC(CC)(C(Cc1cnn(C)c1)NN)N1CCCC1. The van der Waals surface area contributed by atoms with Crippen molar-refractivity contribution in [3.8, 4) is 0 Å². The van der Waals surface area contributed by atoms with Gasteiger partial charge in [-0.15, -0.1) is 0 Å². The van der Waals surface area contributed by atoms with Crippen LogP contribution in [-0.2, 0) is 13.5 Å². The van der Waals surface area contributed by atoms with Crippen molar-refractivity contribution >= 4 is 0 Å². The summed E-state index contributed by atoms with van der Waals surface area (Å²) in [6, 6.07) is 0.264. The second-order valence-electron chi connectivity index (χ2n) is 5.95. The fourth-order valence-electron chi connectivity index (χ4n) is 3.79. The van der Waals surface area contributed by atoms with Crippen LogP contribution in [0.4, 0.5) is 0 Å². The molecule has 0 amide bonds. The van der Waals surface area contributed by atoms with E-state index in [0.29, 0.717) is 0 Å². The zero-order valence-electron chi connectivity index (χ0n) is 13.1. The molecule has 3 N–H and O–H groups in total. The minimum absolute atomic E-state index is 0.154. The molecule has 0 bridgehead atoms. The van der Waals surface area contributed by atoms with E-state index in [1.165, 1.54) is 31.5 Å². The molecule has 0 radical (unpaired) electrons. The van der Waals surface area contributed by atoms with Crippen LogP contribution in [0.5, 0.6) is 0 Å². The predicted octanol–water partition coefficient (Wildman–Crippen LogP) is 1.45. The molecule has 0 aromatic carbocycles. The molecule has 0 spiro atoms. The van der Waals surface area contributed by atoms with Gasteiger partial charge in [0.05, 0.1) is 6.20 Å². The summed E-state index contributed by atoms with van der Waals surface area (Å²) in [6.07, 6.45) is 9.84. The molecule has 1 atom stereocenters. The Labute approximate surface area is 122 Å². The van der Waals surface area contributed by atoms with Gasteiger partial charge in [0.25, 0.3) is 0 Å². The van der Waals surface area contributed by atoms with Crippen molar-refractivity contribution in [2.75, 3.05) is 13.1 Å². The summed E-state index contributed by atoms with van der Waals surface area (Å²) < 4.78 is 1.86. The molecule has 1 aliphatic heterocycles. The number of nitrogens with one attached hydrogen (secondary N) is 1. The Balaban J connectivity index is 2.19. The standard InChI is InChI=1S/C15H29N5/c1-4-15(5-2,20-8-6-7-9-20)14(18-16)10-13-11-17-19(3)12-13/h11-12,14,18H,4-10,16H2,1-3H3. The maximum atomic E-state index is 5.93. The molecule has 1 aromatic heterocycles. The summed E-state index contributed by atoms with van der Waals surface area (Å²) in [5.41, 5.74) is 4.51. The lowest BCUT2D eigenvalue weighted by atomic mass is 9.80. The van der Waals surface area contributed by atoms with Gasteiger partial charge in [0.2, 0.25) is 0 Å². The van der Waals surface area contributed by atoms with Crippen LogP contribution in [0.2, 0.25) is 0 Å². The maximum absolute atomic E-state index is 5.93. The normalized spacial score (nSPS) is 18.6. The quantitative estimate of drug-likeness (QED) is 0.586. The van der Waals surface area contributed by atoms with Gasteiger partial charge in [-0.25, -0.2) is 0 Å². The van der Waals surface area contributed by atoms with Gasteiger partial charge in [0.15, 0.2) is 0 Å². The van der Waals surface area contributed by atoms with E-state index < -0.39 is 0 Å². The van der Waals surface area contributed by atoms with Gasteiger partial charge in [-0.05, 0) is 50.8 Å². The van der Waals surface area contributed by atoms with Crippen LogP contribution in [0.1, 0.15) is 45.1 Å². The number of hydrogen-bond acceptors (Lipinski definition) is 4. The van der Waals surface area contributed by atoms with Crippen molar-refractivity contribution in [1.29, 1.82) is 0 Å².